The number of hydrogen-bond acceptors (Lipinski definition) is 1. The Bertz CT molecular complexity index is 270. The molecule has 1 nitrogen and oxygen atoms in total. The van der Waals surface area contributed by atoms with Crippen LogP contribution in [-0.4, -0.2) is 23.5 Å². The van der Waals surface area contributed by atoms with E-state index in [9.17, 15) is 0 Å². The Morgan fingerprint density at radius 1 is 1.11 bits per heavy atom. The van der Waals surface area contributed by atoms with Crippen molar-refractivity contribution < 1.29 is 0 Å². The van der Waals surface area contributed by atoms with Gasteiger partial charge in [-0.2, -0.15) is 0 Å². The van der Waals surface area contributed by atoms with E-state index in [1.807, 2.05) is 0 Å². The molecule has 18 heavy (non-hydrogen) atoms. The summed E-state index contributed by atoms with van der Waals surface area (Å²) in [5.74, 6) is 0.871. The van der Waals surface area contributed by atoms with Crippen molar-refractivity contribution in [1.29, 1.82) is 0 Å². The molecule has 1 aliphatic heterocycles. The Morgan fingerprint density at radius 2 is 1.67 bits per heavy atom. The van der Waals surface area contributed by atoms with Gasteiger partial charge in [-0.3, -0.25) is 4.90 Å². The summed E-state index contributed by atoms with van der Waals surface area (Å²) in [7, 11) is 0. The molecule has 1 unspecified atom stereocenters. The molecule has 0 N–H and O–H groups in total. The Balaban J connectivity index is 2.81. The third-order valence-electron chi connectivity index (χ3n) is 4.23. The normalized spacial score (nSPS) is 27.0. The third-order valence-corrected chi connectivity index (χ3v) is 4.23. The van der Waals surface area contributed by atoms with Gasteiger partial charge in [0.05, 0.1) is 0 Å². The fourth-order valence-electron chi connectivity index (χ4n) is 4.01. The minimum Gasteiger partial charge on any atom is -0.298 e. The van der Waals surface area contributed by atoms with Crippen LogP contribution in [0.4, 0.5) is 0 Å². The minimum absolute atomic E-state index is 0.319. The first-order valence-corrected chi connectivity index (χ1v) is 7.66. The maximum atomic E-state index is 2.75. The van der Waals surface area contributed by atoms with E-state index in [0.29, 0.717) is 16.4 Å². The lowest BCUT2D eigenvalue weighted by atomic mass is 9.79. The standard InChI is InChI=1S/C17H35N/c1-14-9-10-18(13-16(5,6)11-14)17(7,8)12-15(2,3)4/h14H,9-13H2,1-8H3. The van der Waals surface area contributed by atoms with Gasteiger partial charge in [-0.15, -0.1) is 0 Å². The fourth-order valence-corrected chi connectivity index (χ4v) is 4.01. The summed E-state index contributed by atoms with van der Waals surface area (Å²) in [4.78, 5) is 2.75. The molecule has 1 rings (SSSR count). The monoisotopic (exact) mass is 253 g/mol. The molecule has 1 atom stereocenters. The second kappa shape index (κ2) is 5.15. The molecule has 1 heterocycles. The predicted octanol–water partition coefficient (Wildman–Crippen LogP) is 4.96. The summed E-state index contributed by atoms with van der Waals surface area (Å²) in [6, 6.07) is 0. The fraction of sp³-hybridized carbons (Fsp3) is 1.00. The Kier molecular flexibility index (Phi) is 4.58. The van der Waals surface area contributed by atoms with E-state index in [0.717, 1.165) is 5.92 Å². The highest BCUT2D eigenvalue weighted by atomic mass is 15.2. The molecule has 0 aromatic carbocycles. The van der Waals surface area contributed by atoms with Gasteiger partial charge in [-0.05, 0) is 56.4 Å². The molecular formula is C17H35N. The molecule has 1 saturated heterocycles. The van der Waals surface area contributed by atoms with E-state index < -0.39 is 0 Å². The second-order valence-corrected chi connectivity index (χ2v) is 9.23. The zero-order chi connectivity index (χ0) is 14.2. The van der Waals surface area contributed by atoms with Crippen molar-refractivity contribution in [2.24, 2.45) is 16.7 Å². The van der Waals surface area contributed by atoms with Crippen LogP contribution in [0.2, 0.25) is 0 Å². The highest BCUT2D eigenvalue weighted by molar-refractivity contribution is 4.91. The van der Waals surface area contributed by atoms with Gasteiger partial charge in [0.25, 0.3) is 0 Å². The predicted molar refractivity (Wildman–Crippen MR) is 81.9 cm³/mol. The van der Waals surface area contributed by atoms with Crippen molar-refractivity contribution in [2.75, 3.05) is 13.1 Å². The molecule has 1 fully saturated rings. The number of nitrogens with zero attached hydrogens (tertiary/aromatic N) is 1. The van der Waals surface area contributed by atoms with Crippen molar-refractivity contribution in [3.8, 4) is 0 Å². The lowest BCUT2D eigenvalue weighted by molar-refractivity contribution is 0.0519. The third kappa shape index (κ3) is 4.91. The quantitative estimate of drug-likeness (QED) is 0.672. The van der Waals surface area contributed by atoms with E-state index in [-0.39, 0.29) is 0 Å². The molecule has 1 heteroatoms. The minimum atomic E-state index is 0.319. The smallest absolute Gasteiger partial charge is 0.0158 e. The van der Waals surface area contributed by atoms with E-state index in [2.05, 4.69) is 60.3 Å². The Labute approximate surface area is 115 Å². The van der Waals surface area contributed by atoms with Crippen LogP contribution in [-0.2, 0) is 0 Å². The van der Waals surface area contributed by atoms with Crippen molar-refractivity contribution >= 4 is 0 Å². The molecule has 0 aromatic heterocycles. The van der Waals surface area contributed by atoms with Crippen molar-refractivity contribution in [3.63, 3.8) is 0 Å². The van der Waals surface area contributed by atoms with Gasteiger partial charge in [0.15, 0.2) is 0 Å². The summed E-state index contributed by atoms with van der Waals surface area (Å²) in [6.07, 6.45) is 4.00. The topological polar surface area (TPSA) is 3.24 Å². The van der Waals surface area contributed by atoms with Crippen molar-refractivity contribution in [3.05, 3.63) is 0 Å². The number of likely N-dealkylation sites (tertiary alicyclic amines) is 1. The highest BCUT2D eigenvalue weighted by Gasteiger charge is 2.37. The molecule has 0 aromatic rings. The van der Waals surface area contributed by atoms with Gasteiger partial charge >= 0.3 is 0 Å². The maximum absolute atomic E-state index is 2.75. The lowest BCUT2D eigenvalue weighted by Gasteiger charge is -2.44. The molecule has 108 valence electrons. The zero-order valence-corrected chi connectivity index (χ0v) is 14.1. The van der Waals surface area contributed by atoms with Gasteiger partial charge in [-0.1, -0.05) is 41.5 Å². The van der Waals surface area contributed by atoms with Gasteiger partial charge < -0.3 is 0 Å². The molecule has 0 saturated carbocycles. The number of hydrogen-bond donors (Lipinski definition) is 0. The SMILES string of the molecule is CC1CCN(C(C)(C)CC(C)(C)C)CC(C)(C)C1. The van der Waals surface area contributed by atoms with Crippen LogP contribution in [0.1, 0.15) is 74.7 Å². The summed E-state index contributed by atoms with van der Waals surface area (Å²) in [5.41, 5.74) is 1.19. The van der Waals surface area contributed by atoms with E-state index in [4.69, 9.17) is 0 Å². The second-order valence-electron chi connectivity index (χ2n) is 9.23. The van der Waals surface area contributed by atoms with E-state index >= 15 is 0 Å². The largest absolute Gasteiger partial charge is 0.298 e. The lowest BCUT2D eigenvalue weighted by Crippen LogP contribution is -2.49. The van der Waals surface area contributed by atoms with Gasteiger partial charge in [0.1, 0.15) is 0 Å². The van der Waals surface area contributed by atoms with Crippen LogP contribution in [0.3, 0.4) is 0 Å². The van der Waals surface area contributed by atoms with Crippen LogP contribution in [0.5, 0.6) is 0 Å². The first kappa shape index (κ1) is 16.0. The summed E-state index contributed by atoms with van der Waals surface area (Å²) >= 11 is 0. The molecule has 0 radical (unpaired) electrons. The summed E-state index contributed by atoms with van der Waals surface area (Å²) < 4.78 is 0. The molecular weight excluding hydrogens is 218 g/mol. The van der Waals surface area contributed by atoms with Crippen LogP contribution >= 0.6 is 0 Å². The Morgan fingerprint density at radius 3 is 2.17 bits per heavy atom. The van der Waals surface area contributed by atoms with Gasteiger partial charge in [0, 0.05) is 12.1 Å². The molecule has 1 aliphatic rings. The Hall–Kier alpha value is -0.0400. The van der Waals surface area contributed by atoms with Crippen LogP contribution in [0, 0.1) is 16.7 Å². The van der Waals surface area contributed by atoms with E-state index in [1.165, 1.54) is 32.4 Å². The van der Waals surface area contributed by atoms with Crippen molar-refractivity contribution in [1.82, 2.24) is 4.90 Å². The number of rotatable bonds is 2. The molecule has 0 amide bonds. The summed E-state index contributed by atoms with van der Waals surface area (Å²) in [6.45, 7) is 21.8. The molecule has 0 spiro atoms. The first-order chi connectivity index (χ1) is 7.91. The average molecular weight is 253 g/mol. The summed E-state index contributed by atoms with van der Waals surface area (Å²) in [5, 5.41) is 0. The zero-order valence-electron chi connectivity index (χ0n) is 14.1. The average Bonchev–Trinajstić information content (AvgIpc) is 2.18. The van der Waals surface area contributed by atoms with Crippen LogP contribution in [0.25, 0.3) is 0 Å². The van der Waals surface area contributed by atoms with Gasteiger partial charge in [0.2, 0.25) is 0 Å². The van der Waals surface area contributed by atoms with E-state index in [1.54, 1.807) is 0 Å². The first-order valence-electron chi connectivity index (χ1n) is 7.66. The highest BCUT2D eigenvalue weighted by Crippen LogP contribution is 2.38. The molecule has 0 bridgehead atoms. The van der Waals surface area contributed by atoms with Gasteiger partial charge in [-0.25, -0.2) is 0 Å². The van der Waals surface area contributed by atoms with Crippen LogP contribution < -0.4 is 0 Å². The maximum Gasteiger partial charge on any atom is 0.0158 e. The van der Waals surface area contributed by atoms with Crippen LogP contribution in [0.15, 0.2) is 0 Å². The molecule has 0 aliphatic carbocycles. The van der Waals surface area contributed by atoms with Crippen molar-refractivity contribution in [2.45, 2.75) is 80.2 Å².